The van der Waals surface area contributed by atoms with Crippen molar-refractivity contribution in [2.24, 2.45) is 27.9 Å². The van der Waals surface area contributed by atoms with Crippen molar-refractivity contribution in [2.75, 3.05) is 13.2 Å². The molecule has 0 aliphatic carbocycles. The third-order valence-corrected chi connectivity index (χ3v) is 5.42. The van der Waals surface area contributed by atoms with Crippen molar-refractivity contribution >= 4 is 35.6 Å². The molecule has 0 aromatic heterocycles. The second-order valence-corrected chi connectivity index (χ2v) is 8.64. The Morgan fingerprint density at radius 2 is 1.41 bits per heavy atom. The number of carbonyl (C=O) groups excluding carboxylic acids is 4. The van der Waals surface area contributed by atoms with Crippen molar-refractivity contribution in [3.8, 4) is 5.75 Å². The van der Waals surface area contributed by atoms with Crippen molar-refractivity contribution in [3.63, 3.8) is 0 Å². The molecule has 1 aromatic rings. The molecule has 4 unspecified atom stereocenters. The van der Waals surface area contributed by atoms with Gasteiger partial charge in [-0.25, -0.2) is 4.79 Å². The zero-order valence-electron chi connectivity index (χ0n) is 21.2. The minimum Gasteiger partial charge on any atom is -0.508 e. The van der Waals surface area contributed by atoms with Crippen LogP contribution in [-0.4, -0.2) is 88.2 Å². The summed E-state index contributed by atoms with van der Waals surface area (Å²) in [4.78, 5) is 64.6. The number of primary amides is 1. The fourth-order valence-corrected chi connectivity index (χ4v) is 3.29. The van der Waals surface area contributed by atoms with Gasteiger partial charge in [0, 0.05) is 19.4 Å². The largest absolute Gasteiger partial charge is 0.508 e. The number of nitrogens with two attached hydrogens (primary N) is 4. The number of carboxylic acid groups (broad SMARTS) is 1. The first kappa shape index (κ1) is 32.6. The number of phenolic OH excluding ortho intramolecular Hbond substituents is 1. The Kier molecular flexibility index (Phi) is 13.7. The minimum absolute atomic E-state index is 0.0161. The van der Waals surface area contributed by atoms with Gasteiger partial charge in [0.2, 0.25) is 23.6 Å². The van der Waals surface area contributed by atoms with E-state index in [1.54, 1.807) is 0 Å². The highest BCUT2D eigenvalue weighted by molar-refractivity contribution is 5.94. The van der Waals surface area contributed by atoms with Gasteiger partial charge >= 0.3 is 5.97 Å². The van der Waals surface area contributed by atoms with E-state index in [0.29, 0.717) is 5.56 Å². The van der Waals surface area contributed by atoms with Crippen molar-refractivity contribution in [1.82, 2.24) is 16.0 Å². The maximum absolute atomic E-state index is 13.0. The fraction of sp³-hybridized carbons (Fsp3) is 0.478. The van der Waals surface area contributed by atoms with Gasteiger partial charge in [0.15, 0.2) is 5.96 Å². The molecule has 216 valence electrons. The molecule has 16 heteroatoms. The molecule has 0 saturated heterocycles. The van der Waals surface area contributed by atoms with Crippen LogP contribution in [0.25, 0.3) is 0 Å². The number of nitrogens with zero attached hydrogens (tertiary/aromatic N) is 1. The number of phenols is 1. The molecule has 16 nitrogen and oxygen atoms in total. The fourth-order valence-electron chi connectivity index (χ4n) is 3.29. The van der Waals surface area contributed by atoms with Gasteiger partial charge in [-0.1, -0.05) is 12.1 Å². The van der Waals surface area contributed by atoms with E-state index in [0.717, 1.165) is 0 Å². The van der Waals surface area contributed by atoms with E-state index in [4.69, 9.17) is 22.9 Å². The summed E-state index contributed by atoms with van der Waals surface area (Å²) in [6.45, 7) is -0.742. The third-order valence-electron chi connectivity index (χ3n) is 5.42. The highest BCUT2D eigenvalue weighted by Crippen LogP contribution is 2.12. The van der Waals surface area contributed by atoms with Gasteiger partial charge in [0.05, 0.1) is 12.6 Å². The number of guanidine groups is 1. The summed E-state index contributed by atoms with van der Waals surface area (Å²) in [5.41, 5.74) is 21.8. The lowest BCUT2D eigenvalue weighted by molar-refractivity contribution is -0.142. The van der Waals surface area contributed by atoms with Crippen LogP contribution in [-0.2, 0) is 30.4 Å². The Morgan fingerprint density at radius 1 is 0.846 bits per heavy atom. The van der Waals surface area contributed by atoms with Crippen LogP contribution in [0.15, 0.2) is 29.3 Å². The van der Waals surface area contributed by atoms with Gasteiger partial charge in [-0.3, -0.25) is 24.2 Å². The maximum atomic E-state index is 13.0. The Bertz CT molecular complexity index is 1030. The average molecular weight is 553 g/mol. The van der Waals surface area contributed by atoms with Crippen molar-refractivity contribution in [3.05, 3.63) is 29.8 Å². The molecule has 0 fully saturated rings. The molecule has 14 N–H and O–H groups in total. The zero-order valence-corrected chi connectivity index (χ0v) is 21.2. The first-order valence-corrected chi connectivity index (χ1v) is 12.0. The van der Waals surface area contributed by atoms with Gasteiger partial charge < -0.3 is 54.2 Å². The van der Waals surface area contributed by atoms with E-state index in [1.165, 1.54) is 24.3 Å². The van der Waals surface area contributed by atoms with Gasteiger partial charge in [0.1, 0.15) is 23.9 Å². The summed E-state index contributed by atoms with van der Waals surface area (Å²) in [6, 6.07) is 0.367. The number of aromatic hydroxyl groups is 1. The molecule has 0 radical (unpaired) electrons. The van der Waals surface area contributed by atoms with E-state index in [2.05, 4.69) is 20.9 Å². The van der Waals surface area contributed by atoms with Crippen LogP contribution in [0.4, 0.5) is 0 Å². The lowest BCUT2D eigenvalue weighted by atomic mass is 10.0. The van der Waals surface area contributed by atoms with Crippen molar-refractivity contribution < 1.29 is 39.3 Å². The van der Waals surface area contributed by atoms with Crippen LogP contribution < -0.4 is 38.9 Å². The van der Waals surface area contributed by atoms with Gasteiger partial charge in [-0.05, 0) is 37.0 Å². The van der Waals surface area contributed by atoms with Crippen LogP contribution >= 0.6 is 0 Å². The standard InChI is InChI=1S/C23H36N8O8/c24-14(7-8-18(25)34)19(35)31-17(11-32)21(37)29-15(2-1-9-28-23(26)27)20(36)30-16(22(38)39)10-12-3-5-13(33)6-4-12/h3-6,14-17,32-33H,1-2,7-11,24H2,(H2,25,34)(H,29,37)(H,30,36)(H,31,35)(H,38,39)(H4,26,27,28). The second kappa shape index (κ2) is 16.4. The Morgan fingerprint density at radius 3 is 1.95 bits per heavy atom. The molecule has 0 heterocycles. The summed E-state index contributed by atoms with van der Waals surface area (Å²) in [6.07, 6.45) is -0.190. The predicted octanol–water partition coefficient (Wildman–Crippen LogP) is -3.89. The topological polar surface area (TPSA) is 299 Å². The molecule has 1 rings (SSSR count). The van der Waals surface area contributed by atoms with E-state index in [9.17, 15) is 39.3 Å². The van der Waals surface area contributed by atoms with Crippen molar-refractivity contribution in [1.29, 1.82) is 0 Å². The molecule has 0 saturated carbocycles. The molecule has 0 spiro atoms. The molecular weight excluding hydrogens is 516 g/mol. The highest BCUT2D eigenvalue weighted by Gasteiger charge is 2.30. The number of aliphatic hydroxyl groups is 1. The number of hydrogen-bond donors (Lipinski definition) is 10. The second-order valence-electron chi connectivity index (χ2n) is 8.64. The number of aliphatic carboxylic acids is 1. The van der Waals surface area contributed by atoms with Gasteiger partial charge in [-0.2, -0.15) is 0 Å². The summed E-state index contributed by atoms with van der Waals surface area (Å²) >= 11 is 0. The number of carbonyl (C=O) groups is 5. The molecule has 0 aliphatic heterocycles. The molecule has 4 amide bonds. The zero-order chi connectivity index (χ0) is 29.5. The van der Waals surface area contributed by atoms with Crippen LogP contribution in [0.5, 0.6) is 5.75 Å². The number of nitrogens with one attached hydrogen (secondary N) is 3. The number of carboxylic acids is 1. The highest BCUT2D eigenvalue weighted by atomic mass is 16.4. The molecular formula is C23H36N8O8. The van der Waals surface area contributed by atoms with E-state index in [-0.39, 0.29) is 50.4 Å². The number of rotatable bonds is 17. The monoisotopic (exact) mass is 552 g/mol. The van der Waals surface area contributed by atoms with Crippen LogP contribution in [0.2, 0.25) is 0 Å². The summed E-state index contributed by atoms with van der Waals surface area (Å²) in [7, 11) is 0. The van der Waals surface area contributed by atoms with Crippen molar-refractivity contribution in [2.45, 2.75) is 56.3 Å². The van der Waals surface area contributed by atoms with Gasteiger partial charge in [0.25, 0.3) is 0 Å². The molecule has 39 heavy (non-hydrogen) atoms. The quantitative estimate of drug-likeness (QED) is 0.0506. The first-order valence-electron chi connectivity index (χ1n) is 12.0. The summed E-state index contributed by atoms with van der Waals surface area (Å²) in [5, 5.41) is 35.7. The minimum atomic E-state index is -1.50. The lowest BCUT2D eigenvalue weighted by Crippen LogP contribution is -2.58. The van der Waals surface area contributed by atoms with E-state index >= 15 is 0 Å². The maximum Gasteiger partial charge on any atom is 0.326 e. The Hall–Kier alpha value is -4.44. The predicted molar refractivity (Wildman–Crippen MR) is 139 cm³/mol. The summed E-state index contributed by atoms with van der Waals surface area (Å²) in [5.74, 6) is -4.84. The normalized spacial score (nSPS) is 13.7. The molecule has 4 atom stereocenters. The smallest absolute Gasteiger partial charge is 0.326 e. The third kappa shape index (κ3) is 12.6. The van der Waals surface area contributed by atoms with Crippen LogP contribution in [0.1, 0.15) is 31.2 Å². The number of hydrogen-bond acceptors (Lipinski definition) is 9. The first-order chi connectivity index (χ1) is 18.3. The molecule has 0 aliphatic rings. The Balaban J connectivity index is 2.97. The number of amides is 4. The van der Waals surface area contributed by atoms with E-state index in [1.807, 2.05) is 0 Å². The molecule has 0 bridgehead atoms. The SMILES string of the molecule is NC(=O)CCC(N)C(=O)NC(CO)C(=O)NC(CCCN=C(N)N)C(=O)NC(Cc1ccc(O)cc1)C(=O)O. The number of benzene rings is 1. The Labute approximate surface area is 224 Å². The number of aliphatic imine (C=N–C) groups is 1. The lowest BCUT2D eigenvalue weighted by Gasteiger charge is -2.24. The molecule has 1 aromatic carbocycles. The van der Waals surface area contributed by atoms with Crippen LogP contribution in [0.3, 0.4) is 0 Å². The summed E-state index contributed by atoms with van der Waals surface area (Å²) < 4.78 is 0. The number of aliphatic hydroxyl groups excluding tert-OH is 1. The average Bonchev–Trinajstić information content (AvgIpc) is 2.87. The van der Waals surface area contributed by atoms with E-state index < -0.39 is 60.4 Å². The van der Waals surface area contributed by atoms with Crippen LogP contribution in [0, 0.1) is 0 Å². The van der Waals surface area contributed by atoms with Gasteiger partial charge in [-0.15, -0.1) is 0 Å².